The van der Waals surface area contributed by atoms with E-state index in [0.717, 1.165) is 47.2 Å². The molecule has 0 radical (unpaired) electrons. The predicted molar refractivity (Wildman–Crippen MR) is 83.4 cm³/mol. The van der Waals surface area contributed by atoms with E-state index in [0.29, 0.717) is 5.92 Å². The number of methoxy groups -OCH3 is 1. The summed E-state index contributed by atoms with van der Waals surface area (Å²) in [6.45, 7) is 8.12. The zero-order valence-electron chi connectivity index (χ0n) is 13.0. The lowest BCUT2D eigenvalue weighted by atomic mass is 10.0. The number of rotatable bonds is 3. The number of benzene rings is 1. The van der Waals surface area contributed by atoms with E-state index in [1.54, 1.807) is 7.11 Å². The molecule has 1 aliphatic heterocycles. The minimum Gasteiger partial charge on any atom is -0.496 e. The molecule has 1 aliphatic rings. The highest BCUT2D eigenvalue weighted by Crippen LogP contribution is 2.29. The fourth-order valence-electron chi connectivity index (χ4n) is 2.82. The third-order valence-corrected chi connectivity index (χ3v) is 3.92. The Morgan fingerprint density at radius 2 is 2.00 bits per heavy atom. The van der Waals surface area contributed by atoms with Crippen LogP contribution < -0.4 is 10.1 Å². The van der Waals surface area contributed by atoms with E-state index < -0.39 is 0 Å². The highest BCUT2D eigenvalue weighted by Gasteiger charge is 2.21. The van der Waals surface area contributed by atoms with E-state index in [9.17, 15) is 0 Å². The molecule has 0 saturated carbocycles. The van der Waals surface area contributed by atoms with E-state index in [2.05, 4.69) is 25.2 Å². The van der Waals surface area contributed by atoms with Gasteiger partial charge < -0.3 is 10.1 Å². The lowest BCUT2D eigenvalue weighted by Gasteiger charge is -2.13. The van der Waals surface area contributed by atoms with Gasteiger partial charge in [-0.2, -0.15) is 0 Å². The summed E-state index contributed by atoms with van der Waals surface area (Å²) in [5.41, 5.74) is 5.72. The van der Waals surface area contributed by atoms with E-state index >= 15 is 0 Å². The summed E-state index contributed by atoms with van der Waals surface area (Å²) in [4.78, 5) is 9.57. The molecule has 0 amide bonds. The summed E-state index contributed by atoms with van der Waals surface area (Å²) in [5.74, 6) is 2.11. The van der Waals surface area contributed by atoms with Crippen molar-refractivity contribution in [2.75, 3.05) is 7.11 Å². The molecule has 0 aliphatic carbocycles. The van der Waals surface area contributed by atoms with Gasteiger partial charge in [-0.3, -0.25) is 0 Å². The van der Waals surface area contributed by atoms with Crippen molar-refractivity contribution < 1.29 is 4.74 Å². The van der Waals surface area contributed by atoms with Crippen LogP contribution in [0.5, 0.6) is 5.75 Å². The molecule has 2 aromatic rings. The second-order valence-electron chi connectivity index (χ2n) is 5.80. The number of aryl methyl sites for hydroxylation is 1. The zero-order chi connectivity index (χ0) is 15.0. The van der Waals surface area contributed by atoms with Gasteiger partial charge in [0.1, 0.15) is 5.75 Å². The Morgan fingerprint density at radius 1 is 1.19 bits per heavy atom. The van der Waals surface area contributed by atoms with Gasteiger partial charge in [-0.25, -0.2) is 9.97 Å². The molecule has 1 aromatic carbocycles. The summed E-state index contributed by atoms with van der Waals surface area (Å²) in [6, 6.07) is 6.10. The van der Waals surface area contributed by atoms with Gasteiger partial charge in [0.25, 0.3) is 0 Å². The summed E-state index contributed by atoms with van der Waals surface area (Å²) in [6.07, 6.45) is 0. The smallest absolute Gasteiger partial charge is 0.159 e. The third-order valence-electron chi connectivity index (χ3n) is 3.92. The number of nitrogens with zero attached hydrogens (tertiary/aromatic N) is 2. The van der Waals surface area contributed by atoms with Crippen LogP contribution in [0.25, 0.3) is 11.4 Å². The van der Waals surface area contributed by atoms with Crippen LogP contribution >= 0.6 is 0 Å². The maximum absolute atomic E-state index is 5.32. The first-order chi connectivity index (χ1) is 10.1. The molecule has 0 bridgehead atoms. The van der Waals surface area contributed by atoms with Crippen LogP contribution in [0.3, 0.4) is 0 Å². The number of ether oxygens (including phenoxy) is 1. The monoisotopic (exact) mass is 283 g/mol. The molecule has 2 heterocycles. The highest BCUT2D eigenvalue weighted by atomic mass is 16.5. The molecule has 0 spiro atoms. The molecule has 0 fully saturated rings. The zero-order valence-corrected chi connectivity index (χ0v) is 13.0. The van der Waals surface area contributed by atoms with Crippen molar-refractivity contribution in [2.45, 2.75) is 39.8 Å². The van der Waals surface area contributed by atoms with Crippen molar-refractivity contribution in [3.63, 3.8) is 0 Å². The number of hydrogen-bond donors (Lipinski definition) is 1. The van der Waals surface area contributed by atoms with E-state index in [1.165, 1.54) is 5.56 Å². The maximum atomic E-state index is 5.32. The largest absolute Gasteiger partial charge is 0.496 e. The van der Waals surface area contributed by atoms with Gasteiger partial charge >= 0.3 is 0 Å². The molecule has 3 rings (SSSR count). The van der Waals surface area contributed by atoms with Crippen molar-refractivity contribution in [3.8, 4) is 17.1 Å². The standard InChI is InChI=1S/C17H21N3O/c1-10(2)16-13-8-18-9-14(13)19-17(20-16)12-5-6-15(21-4)11(3)7-12/h5-7,10,18H,8-9H2,1-4H3. The molecule has 110 valence electrons. The van der Waals surface area contributed by atoms with Crippen LogP contribution in [-0.2, 0) is 13.1 Å². The Hall–Kier alpha value is -1.94. The molecular weight excluding hydrogens is 262 g/mol. The van der Waals surface area contributed by atoms with Gasteiger partial charge in [-0.05, 0) is 36.6 Å². The molecule has 4 nitrogen and oxygen atoms in total. The van der Waals surface area contributed by atoms with E-state index in [4.69, 9.17) is 14.7 Å². The average Bonchev–Trinajstić information content (AvgIpc) is 2.94. The number of hydrogen-bond acceptors (Lipinski definition) is 4. The van der Waals surface area contributed by atoms with Crippen LogP contribution in [0.2, 0.25) is 0 Å². The fraction of sp³-hybridized carbons (Fsp3) is 0.412. The minimum atomic E-state index is 0.403. The van der Waals surface area contributed by atoms with Crippen LogP contribution in [-0.4, -0.2) is 17.1 Å². The first-order valence-corrected chi connectivity index (χ1v) is 7.35. The lowest BCUT2D eigenvalue weighted by molar-refractivity contribution is 0.412. The summed E-state index contributed by atoms with van der Waals surface area (Å²) >= 11 is 0. The number of nitrogens with one attached hydrogen (secondary N) is 1. The molecule has 0 unspecified atom stereocenters. The van der Waals surface area contributed by atoms with Crippen LogP contribution in [0.1, 0.15) is 42.3 Å². The Kier molecular flexibility index (Phi) is 3.64. The summed E-state index contributed by atoms with van der Waals surface area (Å²) < 4.78 is 5.32. The predicted octanol–water partition coefficient (Wildman–Crippen LogP) is 3.19. The lowest BCUT2D eigenvalue weighted by Crippen LogP contribution is -2.05. The number of fused-ring (bicyclic) bond motifs is 1. The fourth-order valence-corrected chi connectivity index (χ4v) is 2.82. The normalized spacial score (nSPS) is 13.6. The third kappa shape index (κ3) is 2.51. The summed E-state index contributed by atoms with van der Waals surface area (Å²) in [7, 11) is 1.69. The van der Waals surface area contributed by atoms with Gasteiger partial charge in [0.15, 0.2) is 5.82 Å². The van der Waals surface area contributed by atoms with Crippen LogP contribution in [0.4, 0.5) is 0 Å². The molecule has 4 heteroatoms. The van der Waals surface area contributed by atoms with Gasteiger partial charge in [-0.15, -0.1) is 0 Å². The van der Waals surface area contributed by atoms with Crippen molar-refractivity contribution in [3.05, 3.63) is 40.7 Å². The topological polar surface area (TPSA) is 47.0 Å². The molecule has 1 N–H and O–H groups in total. The van der Waals surface area contributed by atoms with E-state index in [1.807, 2.05) is 19.1 Å². The van der Waals surface area contributed by atoms with Crippen molar-refractivity contribution in [1.29, 1.82) is 0 Å². The van der Waals surface area contributed by atoms with Crippen molar-refractivity contribution in [2.24, 2.45) is 0 Å². The molecule has 21 heavy (non-hydrogen) atoms. The minimum absolute atomic E-state index is 0.403. The van der Waals surface area contributed by atoms with Crippen molar-refractivity contribution >= 4 is 0 Å². The average molecular weight is 283 g/mol. The van der Waals surface area contributed by atoms with Crippen molar-refractivity contribution in [1.82, 2.24) is 15.3 Å². The Balaban J connectivity index is 2.11. The maximum Gasteiger partial charge on any atom is 0.159 e. The SMILES string of the molecule is COc1ccc(-c2nc3c(c(C(C)C)n2)CNC3)cc1C. The second-order valence-corrected chi connectivity index (χ2v) is 5.80. The van der Waals surface area contributed by atoms with Gasteiger partial charge in [0.05, 0.1) is 18.5 Å². The first kappa shape index (κ1) is 14.0. The Labute approximate surface area is 125 Å². The molecular formula is C17H21N3O. The van der Waals surface area contributed by atoms with Gasteiger partial charge in [0, 0.05) is 24.2 Å². The Morgan fingerprint density at radius 3 is 2.67 bits per heavy atom. The quantitative estimate of drug-likeness (QED) is 0.939. The first-order valence-electron chi connectivity index (χ1n) is 7.35. The molecule has 1 aromatic heterocycles. The van der Waals surface area contributed by atoms with Gasteiger partial charge in [-0.1, -0.05) is 13.8 Å². The second kappa shape index (κ2) is 5.45. The van der Waals surface area contributed by atoms with Gasteiger partial charge in [0.2, 0.25) is 0 Å². The molecule has 0 saturated heterocycles. The summed E-state index contributed by atoms with van der Waals surface area (Å²) in [5, 5.41) is 3.37. The Bertz CT molecular complexity index is 680. The van der Waals surface area contributed by atoms with Crippen LogP contribution in [0, 0.1) is 6.92 Å². The number of aromatic nitrogens is 2. The van der Waals surface area contributed by atoms with Crippen LogP contribution in [0.15, 0.2) is 18.2 Å². The van der Waals surface area contributed by atoms with E-state index in [-0.39, 0.29) is 0 Å². The molecule has 0 atom stereocenters. The highest BCUT2D eigenvalue weighted by molar-refractivity contribution is 5.59.